The average Bonchev–Trinajstić information content (AvgIpc) is 3.15. The molecule has 0 unspecified atom stereocenters. The zero-order valence-corrected chi connectivity index (χ0v) is 16.1. The van der Waals surface area contributed by atoms with Gasteiger partial charge in [-0.25, -0.2) is 9.97 Å². The predicted octanol–water partition coefficient (Wildman–Crippen LogP) is 3.01. The van der Waals surface area contributed by atoms with E-state index in [4.69, 9.17) is 4.74 Å². The van der Waals surface area contributed by atoms with E-state index in [1.807, 2.05) is 36.1 Å². The summed E-state index contributed by atoms with van der Waals surface area (Å²) >= 11 is 0. The number of fused-ring (bicyclic) bond motifs is 1. The maximum atomic E-state index is 5.40. The summed E-state index contributed by atoms with van der Waals surface area (Å²) < 4.78 is 7.28. The zero-order valence-electron chi connectivity index (χ0n) is 16.1. The maximum absolute atomic E-state index is 5.40. The maximum Gasteiger partial charge on any atom is 0.227 e. The fraction of sp³-hybridized carbons (Fsp3) is 0.238. The third kappa shape index (κ3) is 3.62. The molecule has 4 heterocycles. The Morgan fingerprint density at radius 2 is 1.76 bits per heavy atom. The van der Waals surface area contributed by atoms with Crippen LogP contribution >= 0.6 is 0 Å². The quantitative estimate of drug-likeness (QED) is 0.576. The Hall–Kier alpha value is -3.52. The molecule has 0 spiro atoms. The van der Waals surface area contributed by atoms with Crippen LogP contribution in [0.4, 0.5) is 17.6 Å². The molecule has 0 bridgehead atoms. The minimum Gasteiger partial charge on any atom is -0.378 e. The third-order valence-electron chi connectivity index (χ3n) is 5.03. The number of morpholine rings is 1. The van der Waals surface area contributed by atoms with Crippen LogP contribution in [0.3, 0.4) is 0 Å². The van der Waals surface area contributed by atoms with Crippen molar-refractivity contribution in [3.05, 3.63) is 55.0 Å². The van der Waals surface area contributed by atoms with Crippen molar-refractivity contribution in [2.75, 3.05) is 36.5 Å². The molecule has 1 N–H and O–H groups in total. The summed E-state index contributed by atoms with van der Waals surface area (Å²) in [5, 5.41) is 8.73. The third-order valence-corrected chi connectivity index (χ3v) is 5.03. The Kier molecular flexibility index (Phi) is 4.53. The second-order valence-corrected chi connectivity index (χ2v) is 6.94. The first kappa shape index (κ1) is 17.6. The minimum atomic E-state index is 0.700. The predicted molar refractivity (Wildman–Crippen MR) is 112 cm³/mol. The van der Waals surface area contributed by atoms with E-state index in [2.05, 4.69) is 48.5 Å². The van der Waals surface area contributed by atoms with Gasteiger partial charge in [0, 0.05) is 37.9 Å². The first-order valence-corrected chi connectivity index (χ1v) is 9.57. The van der Waals surface area contributed by atoms with Crippen molar-refractivity contribution in [1.82, 2.24) is 24.7 Å². The van der Waals surface area contributed by atoms with Gasteiger partial charge in [-0.05, 0) is 41.5 Å². The number of nitrogens with zero attached hydrogens (tertiary/aromatic N) is 6. The Morgan fingerprint density at radius 3 is 2.66 bits per heavy atom. The van der Waals surface area contributed by atoms with E-state index in [0.29, 0.717) is 25.0 Å². The van der Waals surface area contributed by atoms with Crippen molar-refractivity contribution in [3.63, 3.8) is 0 Å². The molecule has 0 amide bonds. The van der Waals surface area contributed by atoms with Crippen molar-refractivity contribution < 1.29 is 4.74 Å². The number of aromatic nitrogens is 5. The summed E-state index contributed by atoms with van der Waals surface area (Å²) in [6.45, 7) is 3.00. The van der Waals surface area contributed by atoms with Crippen LogP contribution in [0, 0.1) is 0 Å². The first-order valence-electron chi connectivity index (χ1n) is 9.57. The fourth-order valence-corrected chi connectivity index (χ4v) is 3.49. The lowest BCUT2D eigenvalue weighted by Gasteiger charge is -2.26. The second kappa shape index (κ2) is 7.48. The van der Waals surface area contributed by atoms with Crippen LogP contribution in [0.1, 0.15) is 0 Å². The molecule has 0 saturated carbocycles. The van der Waals surface area contributed by atoms with Crippen LogP contribution in [0.25, 0.3) is 22.0 Å². The lowest BCUT2D eigenvalue weighted by atomic mass is 10.1. The van der Waals surface area contributed by atoms with E-state index in [0.717, 1.165) is 40.9 Å². The molecular weight excluding hydrogens is 366 g/mol. The van der Waals surface area contributed by atoms with E-state index in [9.17, 15) is 0 Å². The van der Waals surface area contributed by atoms with Gasteiger partial charge in [0.15, 0.2) is 0 Å². The topological polar surface area (TPSA) is 81.0 Å². The molecule has 8 heteroatoms. The molecule has 1 saturated heterocycles. The molecule has 0 radical (unpaired) electrons. The molecule has 3 aromatic heterocycles. The molecule has 0 aliphatic carbocycles. The summed E-state index contributed by atoms with van der Waals surface area (Å²) in [5.41, 5.74) is 3.31. The van der Waals surface area contributed by atoms with E-state index in [1.54, 1.807) is 12.4 Å². The van der Waals surface area contributed by atoms with Crippen LogP contribution in [-0.4, -0.2) is 51.0 Å². The normalized spacial score (nSPS) is 14.3. The van der Waals surface area contributed by atoms with Crippen molar-refractivity contribution in [2.24, 2.45) is 7.05 Å². The van der Waals surface area contributed by atoms with Crippen LogP contribution < -0.4 is 10.2 Å². The van der Waals surface area contributed by atoms with E-state index < -0.39 is 0 Å². The van der Waals surface area contributed by atoms with Gasteiger partial charge in [0.1, 0.15) is 11.6 Å². The molecule has 1 fully saturated rings. The van der Waals surface area contributed by atoms with Gasteiger partial charge in [-0.2, -0.15) is 10.1 Å². The summed E-state index contributed by atoms with van der Waals surface area (Å²) in [4.78, 5) is 15.6. The number of ether oxygens (including phenoxy) is 1. The monoisotopic (exact) mass is 387 g/mol. The van der Waals surface area contributed by atoms with Gasteiger partial charge in [0.05, 0.1) is 24.9 Å². The van der Waals surface area contributed by atoms with E-state index in [-0.39, 0.29) is 0 Å². The van der Waals surface area contributed by atoms with Gasteiger partial charge in [0.25, 0.3) is 0 Å². The number of benzene rings is 1. The number of pyridine rings is 1. The molecule has 1 aliphatic rings. The molecule has 1 aromatic carbocycles. The smallest absolute Gasteiger partial charge is 0.227 e. The Labute approximate surface area is 168 Å². The standard InChI is InChI=1S/C21H21N7O/c1-27-18-3-2-15(12-17(18)14-24-27)16-4-6-22-20(13-16)25-19-5-7-23-21(26-19)28-8-10-29-11-9-28/h2-7,12-14H,8-11H2,1H3,(H,22,23,25,26). The lowest BCUT2D eigenvalue weighted by Crippen LogP contribution is -2.37. The Balaban J connectivity index is 1.39. The molecule has 146 valence electrons. The fourth-order valence-electron chi connectivity index (χ4n) is 3.49. The van der Waals surface area contributed by atoms with Crippen molar-refractivity contribution in [2.45, 2.75) is 0 Å². The van der Waals surface area contributed by atoms with E-state index >= 15 is 0 Å². The minimum absolute atomic E-state index is 0.700. The number of hydrogen-bond donors (Lipinski definition) is 1. The number of rotatable bonds is 4. The van der Waals surface area contributed by atoms with Crippen molar-refractivity contribution >= 4 is 28.5 Å². The number of anilines is 3. The summed E-state index contributed by atoms with van der Waals surface area (Å²) in [6.07, 6.45) is 5.45. The van der Waals surface area contributed by atoms with Gasteiger partial charge in [-0.15, -0.1) is 0 Å². The number of aryl methyl sites for hydroxylation is 1. The molecule has 1 aliphatic heterocycles. The second-order valence-electron chi connectivity index (χ2n) is 6.94. The number of hydrogen-bond acceptors (Lipinski definition) is 7. The molecular formula is C21H21N7O. The molecule has 29 heavy (non-hydrogen) atoms. The summed E-state index contributed by atoms with van der Waals surface area (Å²) in [5.74, 6) is 2.16. The van der Waals surface area contributed by atoms with Gasteiger partial charge >= 0.3 is 0 Å². The van der Waals surface area contributed by atoms with Crippen molar-refractivity contribution in [1.29, 1.82) is 0 Å². The Bertz CT molecular complexity index is 1150. The highest BCUT2D eigenvalue weighted by Crippen LogP contribution is 2.26. The van der Waals surface area contributed by atoms with Crippen LogP contribution in [0.5, 0.6) is 0 Å². The molecule has 4 aromatic rings. The summed E-state index contributed by atoms with van der Waals surface area (Å²) in [6, 6.07) is 12.2. The highest BCUT2D eigenvalue weighted by molar-refractivity contribution is 5.85. The van der Waals surface area contributed by atoms with Crippen LogP contribution in [0.15, 0.2) is 55.0 Å². The zero-order chi connectivity index (χ0) is 19.6. The van der Waals surface area contributed by atoms with Crippen LogP contribution in [-0.2, 0) is 11.8 Å². The van der Waals surface area contributed by atoms with E-state index in [1.165, 1.54) is 0 Å². The average molecular weight is 387 g/mol. The molecule has 5 rings (SSSR count). The van der Waals surface area contributed by atoms with Gasteiger partial charge in [0.2, 0.25) is 5.95 Å². The largest absolute Gasteiger partial charge is 0.378 e. The molecule has 8 nitrogen and oxygen atoms in total. The van der Waals surface area contributed by atoms with Crippen molar-refractivity contribution in [3.8, 4) is 11.1 Å². The highest BCUT2D eigenvalue weighted by atomic mass is 16.5. The first-order chi connectivity index (χ1) is 14.3. The SMILES string of the molecule is Cn1ncc2cc(-c3ccnc(Nc4ccnc(N5CCOCC5)n4)c3)ccc21. The number of nitrogens with one attached hydrogen (secondary N) is 1. The molecule has 0 atom stereocenters. The van der Waals surface area contributed by atoms with Gasteiger partial charge < -0.3 is 15.0 Å². The Morgan fingerprint density at radius 1 is 0.931 bits per heavy atom. The van der Waals surface area contributed by atoms with Gasteiger partial charge in [-0.1, -0.05) is 6.07 Å². The summed E-state index contributed by atoms with van der Waals surface area (Å²) in [7, 11) is 1.95. The van der Waals surface area contributed by atoms with Crippen LogP contribution in [0.2, 0.25) is 0 Å². The lowest BCUT2D eigenvalue weighted by molar-refractivity contribution is 0.122. The highest BCUT2D eigenvalue weighted by Gasteiger charge is 2.14. The van der Waals surface area contributed by atoms with Gasteiger partial charge in [-0.3, -0.25) is 4.68 Å².